The van der Waals surface area contributed by atoms with Crippen LogP contribution in [0.3, 0.4) is 0 Å². The molecule has 2 rings (SSSR count). The van der Waals surface area contributed by atoms with Gasteiger partial charge in [-0.1, -0.05) is 44.9 Å². The van der Waals surface area contributed by atoms with E-state index in [0.717, 1.165) is 17.8 Å². The van der Waals surface area contributed by atoms with Crippen LogP contribution >= 0.6 is 0 Å². The van der Waals surface area contributed by atoms with Crippen molar-refractivity contribution in [1.82, 2.24) is 0 Å². The lowest BCUT2D eigenvalue weighted by Crippen LogP contribution is -2.22. The van der Waals surface area contributed by atoms with Crippen molar-refractivity contribution in [3.8, 4) is 0 Å². The Morgan fingerprint density at radius 2 is 1.89 bits per heavy atom. The SMILES string of the molecule is Cc1cccc(CCC2CC(C)CCC2C)c1C. The maximum atomic E-state index is 2.46. The number of hydrogen-bond donors (Lipinski definition) is 0. The second kappa shape index (κ2) is 5.91. The van der Waals surface area contributed by atoms with E-state index in [2.05, 4.69) is 45.9 Å². The molecule has 3 atom stereocenters. The lowest BCUT2D eigenvalue weighted by atomic mass is 9.73. The molecule has 0 saturated heterocycles. The summed E-state index contributed by atoms with van der Waals surface area (Å²) in [4.78, 5) is 0. The summed E-state index contributed by atoms with van der Waals surface area (Å²) in [6, 6.07) is 6.76. The Hall–Kier alpha value is -0.780. The summed E-state index contributed by atoms with van der Waals surface area (Å²) in [7, 11) is 0. The molecule has 1 aromatic rings. The van der Waals surface area contributed by atoms with E-state index in [1.807, 2.05) is 0 Å². The predicted octanol–water partition coefficient (Wildman–Crippen LogP) is 5.31. The smallest absolute Gasteiger partial charge is 0.0273 e. The van der Waals surface area contributed by atoms with Crippen molar-refractivity contribution in [2.45, 2.75) is 59.8 Å². The van der Waals surface area contributed by atoms with Crippen molar-refractivity contribution in [2.24, 2.45) is 17.8 Å². The Morgan fingerprint density at radius 3 is 2.67 bits per heavy atom. The van der Waals surface area contributed by atoms with Gasteiger partial charge in [0.2, 0.25) is 0 Å². The Labute approximate surface area is 113 Å². The fourth-order valence-electron chi connectivity index (χ4n) is 3.48. The van der Waals surface area contributed by atoms with E-state index >= 15 is 0 Å². The Kier molecular flexibility index (Phi) is 4.48. The van der Waals surface area contributed by atoms with Gasteiger partial charge in [-0.3, -0.25) is 0 Å². The molecule has 0 heterocycles. The van der Waals surface area contributed by atoms with Crippen LogP contribution in [-0.2, 0) is 6.42 Å². The summed E-state index contributed by atoms with van der Waals surface area (Å²) in [6.07, 6.45) is 7.00. The van der Waals surface area contributed by atoms with Gasteiger partial charge in [0.05, 0.1) is 0 Å². The minimum Gasteiger partial charge on any atom is -0.0625 e. The molecule has 0 radical (unpaired) electrons. The zero-order valence-electron chi connectivity index (χ0n) is 12.5. The van der Waals surface area contributed by atoms with Gasteiger partial charge >= 0.3 is 0 Å². The van der Waals surface area contributed by atoms with Crippen molar-refractivity contribution >= 4 is 0 Å². The zero-order valence-corrected chi connectivity index (χ0v) is 12.5. The summed E-state index contributed by atoms with van der Waals surface area (Å²) in [5.41, 5.74) is 4.52. The van der Waals surface area contributed by atoms with E-state index in [4.69, 9.17) is 0 Å². The lowest BCUT2D eigenvalue weighted by molar-refractivity contribution is 0.193. The first-order chi connectivity index (χ1) is 8.58. The Morgan fingerprint density at radius 1 is 1.11 bits per heavy atom. The molecule has 0 heteroatoms. The van der Waals surface area contributed by atoms with Crippen LogP contribution in [0.4, 0.5) is 0 Å². The quantitative estimate of drug-likeness (QED) is 0.676. The van der Waals surface area contributed by atoms with Crippen molar-refractivity contribution in [2.75, 3.05) is 0 Å². The molecule has 100 valence electrons. The van der Waals surface area contributed by atoms with E-state index in [-0.39, 0.29) is 0 Å². The van der Waals surface area contributed by atoms with Crippen LogP contribution in [0.5, 0.6) is 0 Å². The van der Waals surface area contributed by atoms with E-state index in [9.17, 15) is 0 Å². The molecule has 1 fully saturated rings. The molecule has 0 N–H and O–H groups in total. The van der Waals surface area contributed by atoms with E-state index < -0.39 is 0 Å². The molecule has 0 nitrogen and oxygen atoms in total. The normalized spacial score (nSPS) is 28.3. The zero-order chi connectivity index (χ0) is 13.1. The number of aryl methyl sites for hydroxylation is 2. The van der Waals surface area contributed by atoms with Gasteiger partial charge in [0.15, 0.2) is 0 Å². The van der Waals surface area contributed by atoms with Gasteiger partial charge in [-0.15, -0.1) is 0 Å². The molecule has 18 heavy (non-hydrogen) atoms. The minimum absolute atomic E-state index is 0.936. The third kappa shape index (κ3) is 3.16. The summed E-state index contributed by atoms with van der Waals surface area (Å²) in [6.45, 7) is 9.39. The Balaban J connectivity index is 1.96. The highest BCUT2D eigenvalue weighted by atomic mass is 14.3. The van der Waals surface area contributed by atoms with E-state index in [1.165, 1.54) is 43.2 Å². The van der Waals surface area contributed by atoms with Crippen molar-refractivity contribution in [3.63, 3.8) is 0 Å². The standard InChI is InChI=1S/C18H28/c1-13-8-9-15(3)18(12-13)11-10-17-7-5-6-14(2)16(17)4/h5-7,13,15,18H,8-12H2,1-4H3. The van der Waals surface area contributed by atoms with Crippen LogP contribution in [-0.4, -0.2) is 0 Å². The molecular weight excluding hydrogens is 216 g/mol. The molecule has 1 saturated carbocycles. The Bertz CT molecular complexity index is 391. The summed E-state index contributed by atoms with van der Waals surface area (Å²) >= 11 is 0. The molecule has 1 aliphatic carbocycles. The van der Waals surface area contributed by atoms with Crippen LogP contribution in [0.15, 0.2) is 18.2 Å². The van der Waals surface area contributed by atoms with Crippen LogP contribution in [0.1, 0.15) is 56.2 Å². The third-order valence-electron chi connectivity index (χ3n) is 5.13. The van der Waals surface area contributed by atoms with Crippen LogP contribution in [0.2, 0.25) is 0 Å². The molecular formula is C18H28. The lowest BCUT2D eigenvalue weighted by Gasteiger charge is -2.33. The van der Waals surface area contributed by atoms with E-state index in [0.29, 0.717) is 0 Å². The van der Waals surface area contributed by atoms with E-state index in [1.54, 1.807) is 5.56 Å². The van der Waals surface area contributed by atoms with Gasteiger partial charge in [-0.25, -0.2) is 0 Å². The highest BCUT2D eigenvalue weighted by Gasteiger charge is 2.25. The van der Waals surface area contributed by atoms with Crippen LogP contribution in [0.25, 0.3) is 0 Å². The minimum atomic E-state index is 0.936. The largest absolute Gasteiger partial charge is 0.0625 e. The highest BCUT2D eigenvalue weighted by Crippen LogP contribution is 2.36. The molecule has 1 aliphatic rings. The van der Waals surface area contributed by atoms with Gasteiger partial charge in [0.1, 0.15) is 0 Å². The number of rotatable bonds is 3. The summed E-state index contributed by atoms with van der Waals surface area (Å²) in [5.74, 6) is 2.84. The first-order valence-electron chi connectivity index (χ1n) is 7.63. The summed E-state index contributed by atoms with van der Waals surface area (Å²) < 4.78 is 0. The highest BCUT2D eigenvalue weighted by molar-refractivity contribution is 5.33. The fourth-order valence-corrected chi connectivity index (χ4v) is 3.48. The molecule has 0 amide bonds. The average molecular weight is 244 g/mol. The van der Waals surface area contributed by atoms with Gasteiger partial charge in [0, 0.05) is 0 Å². The number of hydrogen-bond acceptors (Lipinski definition) is 0. The molecule has 0 bridgehead atoms. The average Bonchev–Trinajstić information content (AvgIpc) is 2.35. The molecule has 0 aliphatic heterocycles. The van der Waals surface area contributed by atoms with Gasteiger partial charge in [-0.05, 0) is 67.6 Å². The molecule has 3 unspecified atom stereocenters. The molecule has 0 aromatic heterocycles. The molecule has 0 spiro atoms. The van der Waals surface area contributed by atoms with Crippen molar-refractivity contribution in [1.29, 1.82) is 0 Å². The van der Waals surface area contributed by atoms with Gasteiger partial charge in [0.25, 0.3) is 0 Å². The maximum absolute atomic E-state index is 2.46. The predicted molar refractivity (Wildman–Crippen MR) is 79.9 cm³/mol. The second-order valence-electron chi connectivity index (χ2n) is 6.55. The van der Waals surface area contributed by atoms with Crippen molar-refractivity contribution < 1.29 is 0 Å². The summed E-state index contributed by atoms with van der Waals surface area (Å²) in [5, 5.41) is 0. The van der Waals surface area contributed by atoms with Gasteiger partial charge in [-0.2, -0.15) is 0 Å². The van der Waals surface area contributed by atoms with Gasteiger partial charge < -0.3 is 0 Å². The fraction of sp³-hybridized carbons (Fsp3) is 0.667. The first kappa shape index (κ1) is 13.6. The first-order valence-corrected chi connectivity index (χ1v) is 7.63. The number of benzene rings is 1. The topological polar surface area (TPSA) is 0 Å². The second-order valence-corrected chi connectivity index (χ2v) is 6.55. The monoisotopic (exact) mass is 244 g/mol. The van der Waals surface area contributed by atoms with Crippen molar-refractivity contribution in [3.05, 3.63) is 34.9 Å². The maximum Gasteiger partial charge on any atom is -0.0273 e. The van der Waals surface area contributed by atoms with Crippen LogP contribution in [0, 0.1) is 31.6 Å². The third-order valence-corrected chi connectivity index (χ3v) is 5.13. The van der Waals surface area contributed by atoms with Crippen LogP contribution < -0.4 is 0 Å². The molecule has 1 aromatic carbocycles.